The molecule has 0 saturated carbocycles. The molecule has 0 unspecified atom stereocenters. The first-order chi connectivity index (χ1) is 9.34. The Morgan fingerprint density at radius 1 is 1.25 bits per heavy atom. The lowest BCUT2D eigenvalue weighted by Gasteiger charge is -2.12. The van der Waals surface area contributed by atoms with Gasteiger partial charge in [-0.15, -0.1) is 0 Å². The summed E-state index contributed by atoms with van der Waals surface area (Å²) in [5.41, 5.74) is -0.150. The number of rotatable bonds is 5. The van der Waals surface area contributed by atoms with Crippen LogP contribution >= 0.6 is 0 Å². The van der Waals surface area contributed by atoms with Gasteiger partial charge in [0.25, 0.3) is 5.56 Å². The molecule has 0 aromatic carbocycles. The third kappa shape index (κ3) is 3.95. The minimum absolute atomic E-state index is 0.162. The highest BCUT2D eigenvalue weighted by molar-refractivity contribution is 5.73. The van der Waals surface area contributed by atoms with Crippen molar-refractivity contribution >= 4 is 6.03 Å². The van der Waals surface area contributed by atoms with E-state index in [4.69, 9.17) is 0 Å². The van der Waals surface area contributed by atoms with Crippen LogP contribution in [-0.2, 0) is 20.6 Å². The zero-order valence-electron chi connectivity index (χ0n) is 12.3. The average molecular weight is 283 g/mol. The largest absolute Gasteiger partial charge is 0.337 e. The van der Waals surface area contributed by atoms with E-state index in [1.54, 1.807) is 21.1 Å². The number of nitrogens with zero attached hydrogens (tertiary/aromatic N) is 3. The minimum Gasteiger partial charge on any atom is -0.337 e. The molecule has 1 aromatic heterocycles. The van der Waals surface area contributed by atoms with Crippen molar-refractivity contribution in [2.75, 3.05) is 27.2 Å². The number of carbonyl (C=O) groups excluding carboxylic acids is 1. The zero-order chi connectivity index (χ0) is 15.3. The van der Waals surface area contributed by atoms with Crippen molar-refractivity contribution < 1.29 is 4.79 Å². The molecule has 0 spiro atoms. The van der Waals surface area contributed by atoms with E-state index in [0.29, 0.717) is 25.2 Å². The highest BCUT2D eigenvalue weighted by Gasteiger charge is 2.06. The Bertz CT molecular complexity index is 588. The molecule has 0 radical (unpaired) electrons. The number of carbonyl (C=O) groups is 1. The summed E-state index contributed by atoms with van der Waals surface area (Å²) in [6.45, 7) is 1.34. The molecule has 0 atom stereocenters. The molecule has 0 saturated heterocycles. The fraction of sp³-hybridized carbons (Fsp3) is 0.583. The van der Waals surface area contributed by atoms with E-state index in [9.17, 15) is 14.4 Å². The molecule has 1 rings (SSSR count). The van der Waals surface area contributed by atoms with E-state index in [-0.39, 0.29) is 17.3 Å². The quantitative estimate of drug-likeness (QED) is 0.640. The Labute approximate surface area is 117 Å². The molecule has 1 aromatic rings. The summed E-state index contributed by atoms with van der Waals surface area (Å²) in [4.78, 5) is 36.0. The van der Waals surface area contributed by atoms with Crippen LogP contribution < -0.4 is 21.9 Å². The summed E-state index contributed by atoms with van der Waals surface area (Å²) in [6, 6.07) is -0.162. The lowest BCUT2D eigenvalue weighted by molar-refractivity contribution is 0.217. The summed E-state index contributed by atoms with van der Waals surface area (Å²) in [7, 11) is 6.38. The van der Waals surface area contributed by atoms with Gasteiger partial charge >= 0.3 is 11.7 Å². The van der Waals surface area contributed by atoms with Gasteiger partial charge in [0.15, 0.2) is 0 Å². The van der Waals surface area contributed by atoms with E-state index in [1.807, 2.05) is 0 Å². The SMILES string of the molecule is CN(C)C(=O)NCCNCc1cn(C)c(=O)n(C)c1=O. The van der Waals surface area contributed by atoms with E-state index >= 15 is 0 Å². The van der Waals surface area contributed by atoms with Gasteiger partial charge in [0.2, 0.25) is 0 Å². The molecule has 0 aliphatic rings. The second-order valence-electron chi connectivity index (χ2n) is 4.72. The smallest absolute Gasteiger partial charge is 0.330 e. The fourth-order valence-corrected chi connectivity index (χ4v) is 1.64. The van der Waals surface area contributed by atoms with Gasteiger partial charge in [0.05, 0.1) is 0 Å². The first-order valence-corrected chi connectivity index (χ1v) is 6.26. The summed E-state index contributed by atoms with van der Waals surface area (Å²) < 4.78 is 2.44. The zero-order valence-corrected chi connectivity index (χ0v) is 12.3. The summed E-state index contributed by atoms with van der Waals surface area (Å²) in [5, 5.41) is 5.75. The molecule has 2 amide bonds. The maximum Gasteiger partial charge on any atom is 0.330 e. The predicted octanol–water partition coefficient (Wildman–Crippen LogP) is -1.56. The Morgan fingerprint density at radius 2 is 1.90 bits per heavy atom. The van der Waals surface area contributed by atoms with Crippen molar-refractivity contribution in [2.45, 2.75) is 6.54 Å². The van der Waals surface area contributed by atoms with Crippen LogP contribution in [0.25, 0.3) is 0 Å². The number of hydrogen-bond acceptors (Lipinski definition) is 4. The molecular formula is C12H21N5O3. The van der Waals surface area contributed by atoms with Crippen molar-refractivity contribution in [1.29, 1.82) is 0 Å². The lowest BCUT2D eigenvalue weighted by atomic mass is 10.3. The van der Waals surface area contributed by atoms with Gasteiger partial charge in [0, 0.05) is 59.6 Å². The first-order valence-electron chi connectivity index (χ1n) is 6.26. The van der Waals surface area contributed by atoms with Crippen LogP contribution in [-0.4, -0.2) is 47.3 Å². The number of urea groups is 1. The first kappa shape index (κ1) is 16.0. The van der Waals surface area contributed by atoms with Crippen LogP contribution in [0.2, 0.25) is 0 Å². The van der Waals surface area contributed by atoms with Crippen LogP contribution in [0, 0.1) is 0 Å². The van der Waals surface area contributed by atoms with Crippen LogP contribution in [0.4, 0.5) is 4.79 Å². The second kappa shape index (κ2) is 6.90. The van der Waals surface area contributed by atoms with Crippen molar-refractivity contribution in [2.24, 2.45) is 14.1 Å². The minimum atomic E-state index is -0.350. The van der Waals surface area contributed by atoms with Crippen LogP contribution in [0.15, 0.2) is 15.8 Å². The highest BCUT2D eigenvalue weighted by atomic mass is 16.2. The van der Waals surface area contributed by atoms with Gasteiger partial charge in [-0.1, -0.05) is 0 Å². The Balaban J connectivity index is 2.50. The van der Waals surface area contributed by atoms with Gasteiger partial charge in [0.1, 0.15) is 0 Å². The standard InChI is InChI=1S/C12H21N5O3/c1-15(2)11(19)14-6-5-13-7-9-8-16(3)12(20)17(4)10(9)18/h8,13H,5-7H2,1-4H3,(H,14,19). The van der Waals surface area contributed by atoms with Crippen LogP contribution in [0.5, 0.6) is 0 Å². The monoisotopic (exact) mass is 283 g/mol. The third-order valence-electron chi connectivity index (χ3n) is 2.82. The summed E-state index contributed by atoms with van der Waals surface area (Å²) >= 11 is 0. The molecule has 8 nitrogen and oxygen atoms in total. The maximum absolute atomic E-state index is 11.8. The molecule has 0 aliphatic heterocycles. The number of amides is 2. The predicted molar refractivity (Wildman–Crippen MR) is 75.7 cm³/mol. The van der Waals surface area contributed by atoms with Gasteiger partial charge in [-0.25, -0.2) is 9.59 Å². The molecule has 1 heterocycles. The summed E-state index contributed by atoms with van der Waals surface area (Å²) in [5.74, 6) is 0. The normalized spacial score (nSPS) is 10.4. The van der Waals surface area contributed by atoms with E-state index in [1.165, 1.54) is 22.7 Å². The van der Waals surface area contributed by atoms with E-state index < -0.39 is 0 Å². The fourth-order valence-electron chi connectivity index (χ4n) is 1.64. The van der Waals surface area contributed by atoms with Crippen molar-refractivity contribution in [3.05, 3.63) is 32.6 Å². The number of hydrogen-bond donors (Lipinski definition) is 2. The molecule has 112 valence electrons. The number of aryl methyl sites for hydroxylation is 1. The molecule has 0 fully saturated rings. The Hall–Kier alpha value is -2.09. The van der Waals surface area contributed by atoms with Gasteiger partial charge in [-0.2, -0.15) is 0 Å². The maximum atomic E-state index is 11.8. The lowest BCUT2D eigenvalue weighted by Crippen LogP contribution is -2.41. The van der Waals surface area contributed by atoms with E-state index in [2.05, 4.69) is 10.6 Å². The van der Waals surface area contributed by atoms with Gasteiger partial charge < -0.3 is 20.1 Å². The average Bonchev–Trinajstić information content (AvgIpc) is 2.41. The van der Waals surface area contributed by atoms with Crippen molar-refractivity contribution in [1.82, 2.24) is 24.7 Å². The second-order valence-corrected chi connectivity index (χ2v) is 4.72. The highest BCUT2D eigenvalue weighted by Crippen LogP contribution is 1.86. The van der Waals surface area contributed by atoms with Crippen molar-refractivity contribution in [3.63, 3.8) is 0 Å². The molecule has 2 N–H and O–H groups in total. The summed E-state index contributed by atoms with van der Waals surface area (Å²) in [6.07, 6.45) is 1.52. The Kier molecular flexibility index (Phi) is 5.51. The van der Waals surface area contributed by atoms with Crippen molar-refractivity contribution in [3.8, 4) is 0 Å². The molecule has 20 heavy (non-hydrogen) atoms. The molecule has 0 bridgehead atoms. The Morgan fingerprint density at radius 3 is 2.50 bits per heavy atom. The third-order valence-corrected chi connectivity index (χ3v) is 2.82. The topological polar surface area (TPSA) is 88.4 Å². The van der Waals surface area contributed by atoms with Crippen LogP contribution in [0.3, 0.4) is 0 Å². The number of nitrogens with one attached hydrogen (secondary N) is 2. The van der Waals surface area contributed by atoms with Gasteiger partial charge in [-0.05, 0) is 0 Å². The van der Waals surface area contributed by atoms with Crippen LogP contribution in [0.1, 0.15) is 5.56 Å². The van der Waals surface area contributed by atoms with E-state index in [0.717, 1.165) is 4.57 Å². The molecule has 8 heteroatoms. The molecule has 0 aliphatic carbocycles. The molecular weight excluding hydrogens is 262 g/mol. The van der Waals surface area contributed by atoms with Gasteiger partial charge in [-0.3, -0.25) is 9.36 Å². The number of aromatic nitrogens is 2.